The van der Waals surface area contributed by atoms with Gasteiger partial charge in [0.05, 0.1) is 54.0 Å². The number of halogens is 4. The molecule has 0 aliphatic rings. The molecular formula is C44H30Cl4N12Na2O6S2. The minimum absolute atomic E-state index is 0. The van der Waals surface area contributed by atoms with E-state index in [0.29, 0.717) is 32.8 Å². The molecule has 0 spiro atoms. The molecule has 344 valence electrons. The van der Waals surface area contributed by atoms with Gasteiger partial charge < -0.3 is 9.11 Å². The molecule has 0 bridgehead atoms. The molecule has 8 rings (SSSR count). The predicted octanol–water partition coefficient (Wildman–Crippen LogP) is 1.65. The first-order chi connectivity index (χ1) is 32.5. The van der Waals surface area contributed by atoms with E-state index in [4.69, 9.17) is 46.4 Å². The van der Waals surface area contributed by atoms with E-state index >= 15 is 0 Å². The van der Waals surface area contributed by atoms with Crippen molar-refractivity contribution in [3.8, 4) is 0 Å². The van der Waals surface area contributed by atoms with Gasteiger partial charge in [-0.1, -0.05) is 107 Å². The maximum atomic E-state index is 12.7. The summed E-state index contributed by atoms with van der Waals surface area (Å²) >= 11 is 24.9. The molecule has 70 heavy (non-hydrogen) atoms. The molecule has 6 aromatic carbocycles. The molecule has 6 N–H and O–H groups in total. The van der Waals surface area contributed by atoms with Crippen LogP contribution in [0, 0.1) is 0 Å². The van der Waals surface area contributed by atoms with Gasteiger partial charge in [-0.05, 0) is 96.1 Å². The number of H-pyrrole nitrogens is 6. The van der Waals surface area contributed by atoms with Crippen LogP contribution in [0.4, 0.5) is 34.1 Å². The molecule has 8 aromatic rings. The van der Waals surface area contributed by atoms with Gasteiger partial charge in [-0.3, -0.25) is 29.9 Å². The molecule has 2 heterocycles. The fourth-order valence-electron chi connectivity index (χ4n) is 6.18. The maximum absolute atomic E-state index is 12.7. The number of hydrogen-bond donors (Lipinski definition) is 6. The van der Waals surface area contributed by atoms with Crippen LogP contribution in [0.2, 0.25) is 20.1 Å². The van der Waals surface area contributed by atoms with Gasteiger partial charge in [0.25, 0.3) is 0 Å². The SMILES string of the molecule is O=S(=O)([O-])c1cc(N=c2[nH]c(=Nc3ccccc3)[nH]c(=Nc3ccc(Cl)cc3Cl)[nH]2)ccc1/C=C/c1ccc(N=c2[nH]c(=Nc3ccccc3)[nH]c(=Nc3ccc(Cl)cc3Cl)[nH]2)cc1S(=O)(=O)[O-].[Na+].[Na+]. The molecule has 0 fully saturated rings. The third-order valence-corrected chi connectivity index (χ3v) is 12.0. The van der Waals surface area contributed by atoms with Crippen molar-refractivity contribution in [1.82, 2.24) is 29.9 Å². The van der Waals surface area contributed by atoms with Gasteiger partial charge in [0.15, 0.2) is 0 Å². The Morgan fingerprint density at radius 3 is 1.01 bits per heavy atom. The first-order valence-electron chi connectivity index (χ1n) is 19.5. The van der Waals surface area contributed by atoms with E-state index in [1.807, 2.05) is 12.1 Å². The summed E-state index contributed by atoms with van der Waals surface area (Å²) in [6.45, 7) is 0. The monoisotopic (exact) mass is 1070 g/mol. The van der Waals surface area contributed by atoms with Crippen molar-refractivity contribution in [2.24, 2.45) is 30.0 Å². The molecule has 0 amide bonds. The zero-order valence-electron chi connectivity index (χ0n) is 36.3. The second kappa shape index (κ2) is 23.8. The summed E-state index contributed by atoms with van der Waals surface area (Å²) in [5, 5.41) is 1.31. The summed E-state index contributed by atoms with van der Waals surface area (Å²) in [4.78, 5) is 43.5. The van der Waals surface area contributed by atoms with Crippen LogP contribution in [0.15, 0.2) is 173 Å². The van der Waals surface area contributed by atoms with Crippen molar-refractivity contribution in [1.29, 1.82) is 0 Å². The fraction of sp³-hybridized carbons (Fsp3) is 0. The zero-order chi connectivity index (χ0) is 48.0. The average Bonchev–Trinajstić information content (AvgIpc) is 3.28. The van der Waals surface area contributed by atoms with E-state index in [9.17, 15) is 25.9 Å². The predicted molar refractivity (Wildman–Crippen MR) is 254 cm³/mol. The molecule has 2 aromatic heterocycles. The Labute approximate surface area is 461 Å². The van der Waals surface area contributed by atoms with E-state index in [-0.39, 0.29) is 125 Å². The molecular weight excluding hydrogens is 1040 g/mol. The van der Waals surface area contributed by atoms with Gasteiger partial charge in [0.1, 0.15) is 20.2 Å². The molecule has 18 nitrogen and oxygen atoms in total. The average molecular weight is 1070 g/mol. The summed E-state index contributed by atoms with van der Waals surface area (Å²) in [6.07, 6.45) is 2.35. The summed E-state index contributed by atoms with van der Waals surface area (Å²) in [7, 11) is -10.3. The van der Waals surface area contributed by atoms with Crippen LogP contribution in [0.5, 0.6) is 0 Å². The van der Waals surface area contributed by atoms with Crippen LogP contribution in [-0.2, 0) is 20.2 Å². The summed E-state index contributed by atoms with van der Waals surface area (Å²) in [6, 6.07) is 34.7. The Morgan fingerprint density at radius 1 is 0.386 bits per heavy atom. The van der Waals surface area contributed by atoms with Crippen molar-refractivity contribution < 1.29 is 85.1 Å². The smallest absolute Gasteiger partial charge is 0.744 e. The normalized spacial score (nSPS) is 13.5. The van der Waals surface area contributed by atoms with E-state index in [2.05, 4.69) is 59.9 Å². The van der Waals surface area contributed by atoms with Crippen LogP contribution >= 0.6 is 46.4 Å². The number of para-hydroxylation sites is 2. The van der Waals surface area contributed by atoms with E-state index in [1.54, 1.807) is 72.8 Å². The number of nitrogens with zero attached hydrogens (tertiary/aromatic N) is 6. The Balaban J connectivity index is 0.00000402. The number of aromatic amines is 6. The van der Waals surface area contributed by atoms with Gasteiger partial charge in [-0.15, -0.1) is 0 Å². The van der Waals surface area contributed by atoms with Gasteiger partial charge in [0, 0.05) is 10.0 Å². The van der Waals surface area contributed by atoms with Crippen molar-refractivity contribution in [3.05, 3.63) is 198 Å². The number of benzene rings is 6. The minimum atomic E-state index is -5.17. The second-order valence-corrected chi connectivity index (χ2v) is 18.4. The second-order valence-electron chi connectivity index (χ2n) is 14.1. The van der Waals surface area contributed by atoms with Gasteiger partial charge in [-0.25, -0.2) is 46.8 Å². The third-order valence-electron chi connectivity index (χ3n) is 9.16. The van der Waals surface area contributed by atoms with E-state index in [1.165, 1.54) is 48.6 Å². The van der Waals surface area contributed by atoms with Crippen molar-refractivity contribution >= 4 is 113 Å². The number of hydrogen-bond acceptors (Lipinski definition) is 12. The number of rotatable bonds is 10. The Bertz CT molecular complexity index is 3700. The molecule has 0 radical (unpaired) electrons. The van der Waals surface area contributed by atoms with Crippen LogP contribution in [-0.4, -0.2) is 55.8 Å². The summed E-state index contributed by atoms with van der Waals surface area (Å²) < 4.78 is 76.0. The minimum Gasteiger partial charge on any atom is -0.744 e. The molecule has 26 heteroatoms. The van der Waals surface area contributed by atoms with Gasteiger partial charge >= 0.3 is 59.1 Å². The molecule has 0 saturated carbocycles. The van der Waals surface area contributed by atoms with Crippen LogP contribution < -0.4 is 92.8 Å². The van der Waals surface area contributed by atoms with Crippen LogP contribution in [0.3, 0.4) is 0 Å². The number of nitrogens with one attached hydrogen (secondary N) is 6. The van der Waals surface area contributed by atoms with Crippen LogP contribution in [0.25, 0.3) is 12.2 Å². The first kappa shape index (κ1) is 54.2. The van der Waals surface area contributed by atoms with Crippen LogP contribution in [0.1, 0.15) is 11.1 Å². The third kappa shape index (κ3) is 14.7. The molecule has 0 unspecified atom stereocenters. The summed E-state index contributed by atoms with van der Waals surface area (Å²) in [5.74, 6) is 0. The maximum Gasteiger partial charge on any atom is 1.00 e. The molecule has 0 saturated heterocycles. The first-order valence-corrected chi connectivity index (χ1v) is 23.9. The van der Waals surface area contributed by atoms with Crippen molar-refractivity contribution in [2.75, 3.05) is 0 Å². The molecule has 0 atom stereocenters. The largest absolute Gasteiger partial charge is 1.00 e. The molecule has 0 aliphatic heterocycles. The van der Waals surface area contributed by atoms with Crippen molar-refractivity contribution in [3.63, 3.8) is 0 Å². The topological polar surface area (TPSA) is 283 Å². The standard InChI is InChI=1S/C44H32Cl4N12O6S2.2Na/c45-27-15-19-35(33(47)21-27)53-43-57-39(49-29-7-3-1-4-8-29)55-41(59-43)51-31-17-13-25(37(23-31)67(61,62)63)11-12-26-14-18-32(24-38(26)68(64,65)66)52-42-56-40(50-30-9-5-2-6-10-30)58-44(60-42)54-36-20-16-28(46)22-34(36)48;;/h1-24H,(H,61,62,63)(H,64,65,66)(H3,49,51,53,55,57,59)(H3,50,52,54,56,58,60);;/q;2*+1/p-2/b12-11+;;. The van der Waals surface area contributed by atoms with E-state index in [0.717, 1.165) is 12.1 Å². The zero-order valence-corrected chi connectivity index (χ0v) is 45.0. The van der Waals surface area contributed by atoms with Crippen molar-refractivity contribution in [2.45, 2.75) is 9.79 Å². The molecule has 0 aliphatic carbocycles. The van der Waals surface area contributed by atoms with Gasteiger partial charge in [0.2, 0.25) is 33.7 Å². The Hall–Kier alpha value is -5.14. The number of aromatic nitrogens is 6. The quantitative estimate of drug-likeness (QED) is 0.0673. The van der Waals surface area contributed by atoms with E-state index < -0.39 is 30.0 Å². The Kier molecular flexibility index (Phi) is 18.5. The Morgan fingerprint density at radius 2 is 0.700 bits per heavy atom. The summed E-state index contributed by atoms with van der Waals surface area (Å²) in [5.41, 5.74) is 2.22. The fourth-order valence-corrected chi connectivity index (χ4v) is 8.46. The van der Waals surface area contributed by atoms with Gasteiger partial charge in [-0.2, -0.15) is 0 Å².